The molecule has 0 saturated carbocycles. The van der Waals surface area contributed by atoms with E-state index in [1.807, 2.05) is 6.07 Å². The fourth-order valence-electron chi connectivity index (χ4n) is 3.80. The second kappa shape index (κ2) is 8.87. The molecule has 0 saturated heterocycles. The van der Waals surface area contributed by atoms with Gasteiger partial charge in [0.25, 0.3) is 0 Å². The van der Waals surface area contributed by atoms with Crippen LogP contribution in [0.1, 0.15) is 81.5 Å². The summed E-state index contributed by atoms with van der Waals surface area (Å²) >= 11 is 6.92. The smallest absolute Gasteiger partial charge is 0.0691 e. The molecule has 2 aromatic carbocycles. The summed E-state index contributed by atoms with van der Waals surface area (Å²) in [5.41, 5.74) is 7.07. The molecule has 1 N–H and O–H groups in total. The summed E-state index contributed by atoms with van der Waals surface area (Å²) in [5, 5.41) is 11.1. The van der Waals surface area contributed by atoms with E-state index in [-0.39, 0.29) is 12.5 Å². The lowest BCUT2D eigenvalue weighted by molar-refractivity contribution is 0.280. The lowest BCUT2D eigenvalue weighted by Gasteiger charge is -2.27. The Hall–Kier alpha value is -1.31. The van der Waals surface area contributed by atoms with Crippen molar-refractivity contribution in [2.24, 2.45) is 0 Å². The predicted molar refractivity (Wildman–Crippen MR) is 110 cm³/mol. The predicted octanol–water partition coefficient (Wildman–Crippen LogP) is 7.09. The van der Waals surface area contributed by atoms with Crippen LogP contribution in [0.15, 0.2) is 30.3 Å². The fraction of sp³-hybridized carbons (Fsp3) is 0.478. The Morgan fingerprint density at radius 3 is 1.96 bits per heavy atom. The van der Waals surface area contributed by atoms with Gasteiger partial charge in [-0.2, -0.15) is 0 Å². The van der Waals surface area contributed by atoms with E-state index in [1.165, 1.54) is 22.3 Å². The molecule has 0 aliphatic carbocycles. The van der Waals surface area contributed by atoms with Gasteiger partial charge in [-0.3, -0.25) is 0 Å². The summed E-state index contributed by atoms with van der Waals surface area (Å²) in [6.45, 7) is 11.0. The van der Waals surface area contributed by atoms with Gasteiger partial charge in [0, 0.05) is 5.02 Å². The van der Waals surface area contributed by atoms with E-state index < -0.39 is 0 Å². The minimum absolute atomic E-state index is 0.0228. The van der Waals surface area contributed by atoms with E-state index in [0.29, 0.717) is 5.92 Å². The van der Waals surface area contributed by atoms with Crippen LogP contribution in [-0.2, 0) is 13.0 Å². The van der Waals surface area contributed by atoms with Gasteiger partial charge in [-0.1, -0.05) is 83.0 Å². The van der Waals surface area contributed by atoms with Gasteiger partial charge in [0.2, 0.25) is 0 Å². The highest BCUT2D eigenvalue weighted by atomic mass is 35.5. The lowest BCUT2D eigenvalue weighted by Crippen LogP contribution is -2.10. The molecule has 0 atom stereocenters. The summed E-state index contributed by atoms with van der Waals surface area (Å²) in [7, 11) is 0. The van der Waals surface area contributed by atoms with Crippen molar-refractivity contribution < 1.29 is 5.11 Å². The molecule has 0 amide bonds. The van der Waals surface area contributed by atoms with Crippen LogP contribution in [0.4, 0.5) is 0 Å². The number of aliphatic hydroxyl groups is 1. The zero-order valence-electron chi connectivity index (χ0n) is 16.2. The van der Waals surface area contributed by atoms with Crippen molar-refractivity contribution in [3.63, 3.8) is 0 Å². The molecule has 2 aromatic rings. The number of hydrogen-bond donors (Lipinski definition) is 1. The van der Waals surface area contributed by atoms with Crippen LogP contribution >= 0.6 is 11.6 Å². The minimum Gasteiger partial charge on any atom is -0.392 e. The van der Waals surface area contributed by atoms with Crippen molar-refractivity contribution in [2.45, 2.75) is 72.3 Å². The van der Waals surface area contributed by atoms with Gasteiger partial charge in [-0.05, 0) is 58.1 Å². The van der Waals surface area contributed by atoms with Crippen LogP contribution in [0, 0.1) is 0 Å². The van der Waals surface area contributed by atoms with Gasteiger partial charge in [0.1, 0.15) is 0 Å². The van der Waals surface area contributed by atoms with E-state index in [9.17, 15) is 5.11 Å². The third-order valence-electron chi connectivity index (χ3n) is 4.88. The molecule has 0 heterocycles. The van der Waals surface area contributed by atoms with Crippen molar-refractivity contribution in [3.8, 4) is 11.1 Å². The average molecular weight is 359 g/mol. The molecule has 0 aliphatic rings. The average Bonchev–Trinajstić information content (AvgIpc) is 2.58. The number of halogens is 1. The lowest BCUT2D eigenvalue weighted by atomic mass is 9.80. The van der Waals surface area contributed by atoms with Crippen molar-refractivity contribution >= 4 is 11.6 Å². The van der Waals surface area contributed by atoms with Crippen LogP contribution in [-0.4, -0.2) is 5.11 Å². The van der Waals surface area contributed by atoms with Crippen LogP contribution in [0.3, 0.4) is 0 Å². The van der Waals surface area contributed by atoms with Gasteiger partial charge < -0.3 is 5.11 Å². The maximum Gasteiger partial charge on any atom is 0.0691 e. The molecule has 2 heteroatoms. The normalized spacial score (nSPS) is 11.6. The molecule has 0 spiro atoms. The molecule has 0 unspecified atom stereocenters. The summed E-state index contributed by atoms with van der Waals surface area (Å²) < 4.78 is 0. The largest absolute Gasteiger partial charge is 0.392 e. The molecule has 25 heavy (non-hydrogen) atoms. The second-order valence-corrected chi connectivity index (χ2v) is 7.79. The molecule has 0 radical (unpaired) electrons. The Morgan fingerprint density at radius 1 is 0.920 bits per heavy atom. The van der Waals surface area contributed by atoms with Crippen molar-refractivity contribution in [3.05, 3.63) is 57.6 Å². The van der Waals surface area contributed by atoms with E-state index in [1.54, 1.807) is 0 Å². The first-order chi connectivity index (χ1) is 11.9. The molecule has 0 bridgehead atoms. The zero-order chi connectivity index (χ0) is 18.6. The van der Waals surface area contributed by atoms with Crippen LogP contribution in [0.2, 0.25) is 5.02 Å². The quantitative estimate of drug-likeness (QED) is 0.560. The van der Waals surface area contributed by atoms with Crippen LogP contribution in [0.25, 0.3) is 11.1 Å². The third-order valence-corrected chi connectivity index (χ3v) is 5.29. The van der Waals surface area contributed by atoms with E-state index in [4.69, 9.17) is 11.6 Å². The van der Waals surface area contributed by atoms with E-state index in [2.05, 4.69) is 58.9 Å². The Balaban J connectivity index is 2.93. The highest BCUT2D eigenvalue weighted by Crippen LogP contribution is 2.44. The molecular formula is C23H31ClO. The Labute approximate surface area is 158 Å². The fourth-order valence-corrected chi connectivity index (χ4v) is 4.46. The first-order valence-electron chi connectivity index (χ1n) is 9.47. The summed E-state index contributed by atoms with van der Waals surface area (Å²) in [6.07, 6.45) is 3.27. The maximum absolute atomic E-state index is 10.3. The SMILES string of the molecule is CCCCc1c(-c2ccccc2)c(CO)c(C(C)C)c(Cl)c1C(C)C. The van der Waals surface area contributed by atoms with Crippen LogP contribution < -0.4 is 0 Å². The summed E-state index contributed by atoms with van der Waals surface area (Å²) in [5.74, 6) is 0.627. The van der Waals surface area contributed by atoms with Crippen LogP contribution in [0.5, 0.6) is 0 Å². The molecule has 0 aliphatic heterocycles. The Bertz CT molecular complexity index is 702. The number of unbranched alkanes of at least 4 members (excludes halogenated alkanes) is 1. The van der Waals surface area contributed by atoms with Gasteiger partial charge in [0.05, 0.1) is 6.61 Å². The molecule has 0 aromatic heterocycles. The van der Waals surface area contributed by atoms with Crippen molar-refractivity contribution in [1.29, 1.82) is 0 Å². The van der Waals surface area contributed by atoms with E-state index in [0.717, 1.165) is 35.4 Å². The third kappa shape index (κ3) is 4.10. The highest BCUT2D eigenvalue weighted by Gasteiger charge is 2.25. The molecule has 1 nitrogen and oxygen atoms in total. The topological polar surface area (TPSA) is 20.2 Å². The van der Waals surface area contributed by atoms with Gasteiger partial charge >= 0.3 is 0 Å². The number of aliphatic hydroxyl groups excluding tert-OH is 1. The zero-order valence-corrected chi connectivity index (χ0v) is 17.0. The minimum atomic E-state index is 0.0228. The Kier molecular flexibility index (Phi) is 7.10. The highest BCUT2D eigenvalue weighted by molar-refractivity contribution is 6.32. The van der Waals surface area contributed by atoms with Gasteiger partial charge in [0.15, 0.2) is 0 Å². The molecular weight excluding hydrogens is 328 g/mol. The number of rotatable bonds is 7. The standard InChI is InChI=1S/C23H31ClO/c1-6-7-13-18-20(15(2)3)23(24)21(16(4)5)19(14-25)22(18)17-11-9-8-10-12-17/h8-12,15-16,25H,6-7,13-14H2,1-5H3. The van der Waals surface area contributed by atoms with Gasteiger partial charge in [-0.15, -0.1) is 0 Å². The number of benzene rings is 2. The number of hydrogen-bond acceptors (Lipinski definition) is 1. The second-order valence-electron chi connectivity index (χ2n) is 7.41. The van der Waals surface area contributed by atoms with E-state index >= 15 is 0 Å². The monoisotopic (exact) mass is 358 g/mol. The molecule has 0 fully saturated rings. The first kappa shape index (κ1) is 20.0. The summed E-state index contributed by atoms with van der Waals surface area (Å²) in [6, 6.07) is 10.5. The van der Waals surface area contributed by atoms with Crippen molar-refractivity contribution in [2.75, 3.05) is 0 Å². The first-order valence-corrected chi connectivity index (χ1v) is 9.84. The molecule has 2 rings (SSSR count). The maximum atomic E-state index is 10.3. The molecule has 136 valence electrons. The van der Waals surface area contributed by atoms with Crippen molar-refractivity contribution in [1.82, 2.24) is 0 Å². The Morgan fingerprint density at radius 2 is 1.48 bits per heavy atom. The summed E-state index contributed by atoms with van der Waals surface area (Å²) in [4.78, 5) is 0. The van der Waals surface area contributed by atoms with Gasteiger partial charge in [-0.25, -0.2) is 0 Å².